The van der Waals surface area contributed by atoms with E-state index in [1.807, 2.05) is 24.3 Å². The van der Waals surface area contributed by atoms with Gasteiger partial charge in [-0.05, 0) is 41.8 Å². The van der Waals surface area contributed by atoms with E-state index in [0.717, 1.165) is 5.56 Å². The van der Waals surface area contributed by atoms with Crippen LogP contribution in [0.4, 0.5) is 0 Å². The first-order valence-corrected chi connectivity index (χ1v) is 12.3. The molecule has 0 saturated carbocycles. The first-order valence-electron chi connectivity index (χ1n) is 10.7. The minimum Gasteiger partial charge on any atom is -0.496 e. The molecule has 0 fully saturated rings. The molecule has 9 heteroatoms. The van der Waals surface area contributed by atoms with E-state index >= 15 is 0 Å². The number of methoxy groups -OCH3 is 1. The van der Waals surface area contributed by atoms with Crippen LogP contribution in [0.1, 0.15) is 16.7 Å². The van der Waals surface area contributed by atoms with Crippen molar-refractivity contribution in [1.82, 2.24) is 5.32 Å². The van der Waals surface area contributed by atoms with Crippen LogP contribution in [0.15, 0.2) is 83.8 Å². The standard InChI is InChI=1S/C26H26N2O6S/c1-33-24-10-6-5-9-21(24)17-23(20-7-3-2-4-8-20)26(30)34-18-25(29)28-16-15-19-11-13-22(14-12-19)35(27,31)32/h2-14,17H,15-16,18H2,1H3,(H,28,29)(H2,27,31,32)/b23-17+. The molecule has 0 bridgehead atoms. The number of hydrogen-bond donors (Lipinski definition) is 2. The fourth-order valence-corrected chi connectivity index (χ4v) is 3.79. The molecule has 3 aromatic carbocycles. The van der Waals surface area contributed by atoms with Gasteiger partial charge in [-0.3, -0.25) is 4.79 Å². The normalized spacial score (nSPS) is 11.5. The second-order valence-electron chi connectivity index (χ2n) is 7.53. The van der Waals surface area contributed by atoms with Gasteiger partial charge in [0.2, 0.25) is 10.0 Å². The molecule has 35 heavy (non-hydrogen) atoms. The van der Waals surface area contributed by atoms with E-state index in [4.69, 9.17) is 14.6 Å². The van der Waals surface area contributed by atoms with Crippen molar-refractivity contribution in [3.8, 4) is 5.75 Å². The van der Waals surface area contributed by atoms with E-state index in [9.17, 15) is 18.0 Å². The molecule has 3 N–H and O–H groups in total. The minimum atomic E-state index is -3.75. The molecule has 0 saturated heterocycles. The summed E-state index contributed by atoms with van der Waals surface area (Å²) in [7, 11) is -2.20. The lowest BCUT2D eigenvalue weighted by Gasteiger charge is -2.11. The molecular weight excluding hydrogens is 468 g/mol. The van der Waals surface area contributed by atoms with Gasteiger partial charge in [-0.15, -0.1) is 0 Å². The van der Waals surface area contributed by atoms with Crippen LogP contribution in [0, 0.1) is 0 Å². The summed E-state index contributed by atoms with van der Waals surface area (Å²) >= 11 is 0. The second kappa shape index (κ2) is 12.0. The summed E-state index contributed by atoms with van der Waals surface area (Å²) in [6.45, 7) is -0.160. The lowest BCUT2D eigenvalue weighted by molar-refractivity contribution is -0.142. The number of nitrogens with two attached hydrogens (primary N) is 1. The number of sulfonamides is 1. The molecule has 0 atom stereocenters. The SMILES string of the molecule is COc1ccccc1/C=C(/C(=O)OCC(=O)NCCc1ccc(S(N)(=O)=O)cc1)c1ccccc1. The molecule has 3 aromatic rings. The Labute approximate surface area is 204 Å². The van der Waals surface area contributed by atoms with Gasteiger partial charge in [-0.25, -0.2) is 18.4 Å². The minimum absolute atomic E-state index is 0.0209. The van der Waals surface area contributed by atoms with Gasteiger partial charge in [0.05, 0.1) is 17.6 Å². The number of ether oxygens (including phenoxy) is 2. The van der Waals surface area contributed by atoms with Crippen molar-refractivity contribution >= 4 is 33.5 Å². The number of para-hydroxylation sites is 1. The third-order valence-corrected chi connectivity index (χ3v) is 5.99. The van der Waals surface area contributed by atoms with Gasteiger partial charge in [0, 0.05) is 12.1 Å². The molecule has 0 heterocycles. The Morgan fingerprint density at radius 2 is 1.60 bits per heavy atom. The largest absolute Gasteiger partial charge is 0.496 e. The smallest absolute Gasteiger partial charge is 0.339 e. The Hall–Kier alpha value is -3.95. The Morgan fingerprint density at radius 1 is 0.943 bits per heavy atom. The maximum atomic E-state index is 12.9. The highest BCUT2D eigenvalue weighted by molar-refractivity contribution is 7.89. The summed E-state index contributed by atoms with van der Waals surface area (Å²) in [4.78, 5) is 25.1. The number of primary sulfonamides is 1. The maximum absolute atomic E-state index is 12.9. The Bertz CT molecular complexity index is 1300. The lowest BCUT2D eigenvalue weighted by Crippen LogP contribution is -2.30. The summed E-state index contributed by atoms with van der Waals surface area (Å²) in [6.07, 6.45) is 2.13. The topological polar surface area (TPSA) is 125 Å². The summed E-state index contributed by atoms with van der Waals surface area (Å²) in [6, 6.07) is 22.4. The van der Waals surface area contributed by atoms with Crippen molar-refractivity contribution in [3.05, 3.63) is 95.6 Å². The highest BCUT2D eigenvalue weighted by Gasteiger charge is 2.16. The molecule has 0 unspecified atom stereocenters. The third kappa shape index (κ3) is 7.53. The van der Waals surface area contributed by atoms with Gasteiger partial charge in [0.15, 0.2) is 6.61 Å². The van der Waals surface area contributed by atoms with Gasteiger partial charge in [0.1, 0.15) is 5.75 Å². The number of benzene rings is 3. The quantitative estimate of drug-likeness (QED) is 0.254. The fourth-order valence-electron chi connectivity index (χ4n) is 3.27. The zero-order valence-corrected chi connectivity index (χ0v) is 20.0. The molecule has 0 aromatic heterocycles. The summed E-state index contributed by atoms with van der Waals surface area (Å²) in [5.41, 5.74) is 2.45. The predicted molar refractivity (Wildman–Crippen MR) is 133 cm³/mol. The molecule has 0 aliphatic heterocycles. The molecule has 1 amide bonds. The van der Waals surface area contributed by atoms with Gasteiger partial charge in [-0.1, -0.05) is 60.7 Å². The van der Waals surface area contributed by atoms with E-state index in [-0.39, 0.29) is 17.0 Å². The van der Waals surface area contributed by atoms with Gasteiger partial charge >= 0.3 is 5.97 Å². The number of hydrogen-bond acceptors (Lipinski definition) is 6. The van der Waals surface area contributed by atoms with Crippen molar-refractivity contribution in [2.45, 2.75) is 11.3 Å². The zero-order chi connectivity index (χ0) is 25.3. The van der Waals surface area contributed by atoms with Crippen LogP contribution < -0.4 is 15.2 Å². The van der Waals surface area contributed by atoms with E-state index in [0.29, 0.717) is 23.3 Å². The molecule has 0 aliphatic rings. The van der Waals surface area contributed by atoms with Crippen molar-refractivity contribution in [3.63, 3.8) is 0 Å². The molecule has 0 spiro atoms. The summed E-state index contributed by atoms with van der Waals surface area (Å²) < 4.78 is 33.3. The van der Waals surface area contributed by atoms with Crippen LogP contribution in [0.5, 0.6) is 5.75 Å². The van der Waals surface area contributed by atoms with Gasteiger partial charge < -0.3 is 14.8 Å². The van der Waals surface area contributed by atoms with Crippen molar-refractivity contribution in [2.24, 2.45) is 5.14 Å². The van der Waals surface area contributed by atoms with Crippen LogP contribution in [0.2, 0.25) is 0 Å². The monoisotopic (exact) mass is 494 g/mol. The first-order chi connectivity index (χ1) is 16.8. The van der Waals surface area contributed by atoms with E-state index in [1.165, 1.54) is 12.1 Å². The number of amides is 1. The first kappa shape index (κ1) is 25.7. The van der Waals surface area contributed by atoms with Crippen LogP contribution >= 0.6 is 0 Å². The van der Waals surface area contributed by atoms with Crippen LogP contribution in [-0.4, -0.2) is 40.6 Å². The third-order valence-electron chi connectivity index (χ3n) is 5.07. The highest BCUT2D eigenvalue weighted by atomic mass is 32.2. The number of nitrogens with one attached hydrogen (secondary N) is 1. The van der Waals surface area contributed by atoms with Crippen LogP contribution in [0.3, 0.4) is 0 Å². The molecular formula is C26H26N2O6S. The van der Waals surface area contributed by atoms with Crippen LogP contribution in [0.25, 0.3) is 11.6 Å². The van der Waals surface area contributed by atoms with Crippen LogP contribution in [-0.2, 0) is 30.8 Å². The average molecular weight is 495 g/mol. The lowest BCUT2D eigenvalue weighted by atomic mass is 10.0. The molecule has 0 radical (unpaired) electrons. The average Bonchev–Trinajstić information content (AvgIpc) is 2.86. The van der Waals surface area contributed by atoms with Gasteiger partial charge in [0.25, 0.3) is 5.91 Å². The number of carbonyl (C=O) groups excluding carboxylic acids is 2. The Balaban J connectivity index is 1.60. The van der Waals surface area contributed by atoms with E-state index in [2.05, 4.69) is 5.32 Å². The maximum Gasteiger partial charge on any atom is 0.339 e. The van der Waals surface area contributed by atoms with E-state index < -0.39 is 28.5 Å². The summed E-state index contributed by atoms with van der Waals surface area (Å²) in [5, 5.41) is 7.76. The number of carbonyl (C=O) groups is 2. The van der Waals surface area contributed by atoms with Crippen molar-refractivity contribution in [1.29, 1.82) is 0 Å². The van der Waals surface area contributed by atoms with Gasteiger partial charge in [-0.2, -0.15) is 0 Å². The fraction of sp³-hybridized carbons (Fsp3) is 0.154. The van der Waals surface area contributed by atoms with Crippen molar-refractivity contribution in [2.75, 3.05) is 20.3 Å². The number of esters is 1. The van der Waals surface area contributed by atoms with Crippen molar-refractivity contribution < 1.29 is 27.5 Å². The summed E-state index contributed by atoms with van der Waals surface area (Å²) in [5.74, 6) is -0.497. The Kier molecular flexibility index (Phi) is 8.77. The molecule has 0 aliphatic carbocycles. The molecule has 3 rings (SSSR count). The number of rotatable bonds is 10. The Morgan fingerprint density at radius 3 is 2.26 bits per heavy atom. The van der Waals surface area contributed by atoms with E-state index in [1.54, 1.807) is 55.7 Å². The molecule has 8 nitrogen and oxygen atoms in total. The predicted octanol–water partition coefficient (Wildman–Crippen LogP) is 2.79. The molecule has 182 valence electrons. The zero-order valence-electron chi connectivity index (χ0n) is 19.1. The highest BCUT2D eigenvalue weighted by Crippen LogP contribution is 2.25. The second-order valence-corrected chi connectivity index (χ2v) is 9.09.